The van der Waals surface area contributed by atoms with E-state index < -0.39 is 14.9 Å². The molecular formula is C15H21N3O5S. The molecule has 0 spiro atoms. The molecule has 0 radical (unpaired) electrons. The molecule has 1 aliphatic rings. The molecule has 8 nitrogen and oxygen atoms in total. The molecule has 1 aromatic rings. The first-order valence-electron chi connectivity index (χ1n) is 7.67. The number of hydrogen-bond acceptors (Lipinski definition) is 5. The van der Waals surface area contributed by atoms with E-state index in [4.69, 9.17) is 0 Å². The van der Waals surface area contributed by atoms with E-state index in [1.54, 1.807) is 13.0 Å². The maximum absolute atomic E-state index is 12.3. The van der Waals surface area contributed by atoms with Crippen molar-refractivity contribution < 1.29 is 18.1 Å². The number of nitro groups is 1. The van der Waals surface area contributed by atoms with Crippen molar-refractivity contribution in [2.45, 2.75) is 19.8 Å². The normalized spacial score (nSPS) is 16.8. The van der Waals surface area contributed by atoms with Crippen molar-refractivity contribution in [2.24, 2.45) is 5.92 Å². The number of rotatable bonds is 5. The number of nitrogens with one attached hydrogen (secondary N) is 1. The van der Waals surface area contributed by atoms with Crippen LogP contribution in [0.1, 0.15) is 28.8 Å². The van der Waals surface area contributed by atoms with Crippen LogP contribution in [0.3, 0.4) is 0 Å². The minimum Gasteiger partial charge on any atom is -0.352 e. The lowest BCUT2D eigenvalue weighted by Gasteiger charge is -2.30. The molecule has 1 heterocycles. The van der Waals surface area contributed by atoms with E-state index in [-0.39, 0.29) is 23.1 Å². The summed E-state index contributed by atoms with van der Waals surface area (Å²) >= 11 is 0. The predicted octanol–water partition coefficient (Wildman–Crippen LogP) is 1.30. The first-order valence-corrected chi connectivity index (χ1v) is 9.52. The summed E-state index contributed by atoms with van der Waals surface area (Å²) in [6.45, 7) is 2.89. The molecule has 0 atom stereocenters. The molecule has 24 heavy (non-hydrogen) atoms. The van der Waals surface area contributed by atoms with Crippen molar-refractivity contribution in [2.75, 3.05) is 25.9 Å². The quantitative estimate of drug-likeness (QED) is 0.632. The Morgan fingerprint density at radius 2 is 2.00 bits per heavy atom. The van der Waals surface area contributed by atoms with Crippen LogP contribution < -0.4 is 5.32 Å². The van der Waals surface area contributed by atoms with Gasteiger partial charge in [-0.15, -0.1) is 0 Å². The molecule has 1 amide bonds. The highest BCUT2D eigenvalue weighted by Gasteiger charge is 2.25. The van der Waals surface area contributed by atoms with Crippen molar-refractivity contribution >= 4 is 21.6 Å². The van der Waals surface area contributed by atoms with Crippen LogP contribution in [0.25, 0.3) is 0 Å². The topological polar surface area (TPSA) is 110 Å². The summed E-state index contributed by atoms with van der Waals surface area (Å²) in [5.41, 5.74) is 0.550. The van der Waals surface area contributed by atoms with E-state index in [1.165, 1.54) is 22.7 Å². The van der Waals surface area contributed by atoms with Crippen molar-refractivity contribution in [3.05, 3.63) is 39.4 Å². The largest absolute Gasteiger partial charge is 0.352 e. The molecule has 0 aliphatic carbocycles. The summed E-state index contributed by atoms with van der Waals surface area (Å²) < 4.78 is 24.4. The lowest BCUT2D eigenvalue weighted by atomic mass is 9.98. The Bertz CT molecular complexity index is 739. The number of nitrogens with zero attached hydrogens (tertiary/aromatic N) is 2. The number of benzene rings is 1. The molecule has 1 fully saturated rings. The number of hydrogen-bond donors (Lipinski definition) is 1. The Morgan fingerprint density at radius 1 is 1.38 bits per heavy atom. The molecule has 0 unspecified atom stereocenters. The second kappa shape index (κ2) is 7.27. The summed E-state index contributed by atoms with van der Waals surface area (Å²) in [5.74, 6) is -0.146. The van der Waals surface area contributed by atoms with Crippen LogP contribution in [-0.4, -0.2) is 49.4 Å². The van der Waals surface area contributed by atoms with Gasteiger partial charge in [0.05, 0.1) is 11.2 Å². The van der Waals surface area contributed by atoms with E-state index in [9.17, 15) is 23.3 Å². The Hall–Kier alpha value is -2.00. The fourth-order valence-electron chi connectivity index (χ4n) is 2.84. The first kappa shape index (κ1) is 18.3. The zero-order chi connectivity index (χ0) is 17.9. The smallest absolute Gasteiger partial charge is 0.273 e. The monoisotopic (exact) mass is 355 g/mol. The van der Waals surface area contributed by atoms with Gasteiger partial charge in [0.25, 0.3) is 11.6 Å². The Kier molecular flexibility index (Phi) is 5.55. The lowest BCUT2D eigenvalue weighted by molar-refractivity contribution is -0.385. The van der Waals surface area contributed by atoms with Crippen LogP contribution in [0.2, 0.25) is 0 Å². The molecule has 9 heteroatoms. The number of carbonyl (C=O) groups is 1. The number of piperidine rings is 1. The second-order valence-electron chi connectivity index (χ2n) is 6.02. The molecule has 132 valence electrons. The van der Waals surface area contributed by atoms with Crippen molar-refractivity contribution in [1.29, 1.82) is 0 Å². The zero-order valence-electron chi connectivity index (χ0n) is 13.7. The molecule has 1 saturated heterocycles. The van der Waals surface area contributed by atoms with Crippen molar-refractivity contribution in [3.8, 4) is 0 Å². The summed E-state index contributed by atoms with van der Waals surface area (Å²) in [5, 5.41) is 13.7. The van der Waals surface area contributed by atoms with Gasteiger partial charge in [0.1, 0.15) is 0 Å². The van der Waals surface area contributed by atoms with Crippen LogP contribution >= 0.6 is 0 Å². The number of amides is 1. The molecular weight excluding hydrogens is 334 g/mol. The summed E-state index contributed by atoms with van der Waals surface area (Å²) in [6.07, 6.45) is 2.56. The molecule has 1 aliphatic heterocycles. The van der Waals surface area contributed by atoms with Gasteiger partial charge in [0, 0.05) is 36.8 Å². The van der Waals surface area contributed by atoms with E-state index in [0.29, 0.717) is 38.0 Å². The number of sulfonamides is 1. The van der Waals surface area contributed by atoms with Crippen LogP contribution in [0, 0.1) is 23.0 Å². The number of carbonyl (C=O) groups excluding carboxylic acids is 1. The second-order valence-corrected chi connectivity index (χ2v) is 8.00. The molecule has 0 aromatic heterocycles. The summed E-state index contributed by atoms with van der Waals surface area (Å²) in [6, 6.07) is 4.42. The van der Waals surface area contributed by atoms with Crippen molar-refractivity contribution in [1.82, 2.24) is 9.62 Å². The van der Waals surface area contributed by atoms with Gasteiger partial charge in [-0.1, -0.05) is 6.07 Å². The maximum Gasteiger partial charge on any atom is 0.273 e. The molecule has 1 N–H and O–H groups in total. The average molecular weight is 355 g/mol. The fourth-order valence-corrected chi connectivity index (χ4v) is 3.72. The van der Waals surface area contributed by atoms with Gasteiger partial charge in [0.2, 0.25) is 10.0 Å². The van der Waals surface area contributed by atoms with Gasteiger partial charge in [0.15, 0.2) is 0 Å². The van der Waals surface area contributed by atoms with E-state index in [2.05, 4.69) is 5.32 Å². The SMILES string of the molecule is Cc1c(C(=O)NCC2CCN(S(C)(=O)=O)CC2)cccc1[N+](=O)[O-]. The third kappa shape index (κ3) is 4.30. The van der Waals surface area contributed by atoms with E-state index >= 15 is 0 Å². The van der Waals surface area contributed by atoms with Gasteiger partial charge in [-0.3, -0.25) is 14.9 Å². The van der Waals surface area contributed by atoms with Crippen LogP contribution in [0.5, 0.6) is 0 Å². The van der Waals surface area contributed by atoms with E-state index in [1.807, 2.05) is 0 Å². The first-order chi connectivity index (χ1) is 11.2. The van der Waals surface area contributed by atoms with Gasteiger partial charge >= 0.3 is 0 Å². The summed E-state index contributed by atoms with van der Waals surface area (Å²) in [4.78, 5) is 22.7. The summed E-state index contributed by atoms with van der Waals surface area (Å²) in [7, 11) is -3.16. The third-order valence-corrected chi connectivity index (χ3v) is 5.64. The minimum absolute atomic E-state index is 0.0795. The third-order valence-electron chi connectivity index (χ3n) is 4.34. The molecule has 0 bridgehead atoms. The molecule has 0 saturated carbocycles. The van der Waals surface area contributed by atoms with Crippen LogP contribution in [0.15, 0.2) is 18.2 Å². The van der Waals surface area contributed by atoms with Gasteiger partial charge in [-0.05, 0) is 31.7 Å². The van der Waals surface area contributed by atoms with Crippen molar-refractivity contribution in [3.63, 3.8) is 0 Å². The van der Waals surface area contributed by atoms with Crippen LogP contribution in [0.4, 0.5) is 5.69 Å². The highest BCUT2D eigenvalue weighted by atomic mass is 32.2. The molecule has 1 aromatic carbocycles. The zero-order valence-corrected chi connectivity index (χ0v) is 14.5. The highest BCUT2D eigenvalue weighted by molar-refractivity contribution is 7.88. The number of nitro benzene ring substituents is 1. The minimum atomic E-state index is -3.16. The Labute approximate surface area is 141 Å². The Morgan fingerprint density at radius 3 is 2.54 bits per heavy atom. The highest BCUT2D eigenvalue weighted by Crippen LogP contribution is 2.22. The van der Waals surface area contributed by atoms with Crippen LogP contribution in [-0.2, 0) is 10.0 Å². The average Bonchev–Trinajstić information content (AvgIpc) is 2.52. The Balaban J connectivity index is 1.93. The lowest BCUT2D eigenvalue weighted by Crippen LogP contribution is -2.41. The van der Waals surface area contributed by atoms with Gasteiger partial charge in [-0.2, -0.15) is 0 Å². The van der Waals surface area contributed by atoms with Gasteiger partial charge in [-0.25, -0.2) is 12.7 Å². The van der Waals surface area contributed by atoms with Gasteiger partial charge < -0.3 is 5.32 Å². The standard InChI is InChI=1S/C15H21N3O5S/c1-11-13(4-3-5-14(11)18(20)21)15(19)16-10-12-6-8-17(9-7-12)24(2,22)23/h3-5,12H,6-10H2,1-2H3,(H,16,19). The van der Waals surface area contributed by atoms with E-state index in [0.717, 1.165) is 0 Å². The maximum atomic E-state index is 12.3. The fraction of sp³-hybridized carbons (Fsp3) is 0.533. The predicted molar refractivity (Wildman–Crippen MR) is 89.3 cm³/mol. The molecule has 2 rings (SSSR count).